The number of imidazole rings is 1. The van der Waals surface area contributed by atoms with E-state index in [9.17, 15) is 4.79 Å². The number of hydrazone groups is 1. The van der Waals surface area contributed by atoms with Crippen LogP contribution in [0.5, 0.6) is 0 Å². The van der Waals surface area contributed by atoms with Gasteiger partial charge in [-0.05, 0) is 42.3 Å². The topological polar surface area (TPSA) is 62.5 Å². The second-order valence-corrected chi connectivity index (χ2v) is 8.97. The molecule has 0 saturated carbocycles. The Hall–Kier alpha value is -3.58. The standard InChI is InChI=1S/C26H27N5OS/c1-19-8-10-21(11-9-19)17-31-24-7-5-4-6-23(24)28-26(31)33-18-25(32)29-27-16-20-12-14-22(15-13-20)30(2)3/h4-16H,17-18H2,1-3H3,(H,29,32). The van der Waals surface area contributed by atoms with Crippen LogP contribution in [0.15, 0.2) is 83.1 Å². The molecular weight excluding hydrogens is 430 g/mol. The first-order valence-corrected chi connectivity index (χ1v) is 11.7. The number of nitrogens with zero attached hydrogens (tertiary/aromatic N) is 4. The molecule has 0 aliphatic carbocycles. The maximum absolute atomic E-state index is 12.4. The highest BCUT2D eigenvalue weighted by Gasteiger charge is 2.13. The van der Waals surface area contributed by atoms with E-state index in [4.69, 9.17) is 4.98 Å². The van der Waals surface area contributed by atoms with Crippen LogP contribution in [0.2, 0.25) is 0 Å². The number of carbonyl (C=O) groups excluding carboxylic acids is 1. The number of aryl methyl sites for hydroxylation is 1. The van der Waals surface area contributed by atoms with Crippen molar-refractivity contribution in [2.75, 3.05) is 24.7 Å². The molecule has 4 aromatic rings. The number of hydrogen-bond donors (Lipinski definition) is 1. The van der Waals surface area contributed by atoms with E-state index in [1.807, 2.05) is 61.5 Å². The zero-order chi connectivity index (χ0) is 23.2. The lowest BCUT2D eigenvalue weighted by molar-refractivity contribution is -0.118. The van der Waals surface area contributed by atoms with E-state index in [2.05, 4.69) is 52.3 Å². The van der Waals surface area contributed by atoms with Crippen LogP contribution in [0.4, 0.5) is 5.69 Å². The number of fused-ring (bicyclic) bond motifs is 1. The van der Waals surface area contributed by atoms with Gasteiger partial charge in [0.1, 0.15) is 0 Å². The Labute approximate surface area is 198 Å². The van der Waals surface area contributed by atoms with E-state index in [1.54, 1.807) is 6.21 Å². The van der Waals surface area contributed by atoms with Crippen molar-refractivity contribution in [3.63, 3.8) is 0 Å². The minimum absolute atomic E-state index is 0.171. The summed E-state index contributed by atoms with van der Waals surface area (Å²) in [5.74, 6) is 0.0591. The van der Waals surface area contributed by atoms with Crippen molar-refractivity contribution < 1.29 is 4.79 Å². The van der Waals surface area contributed by atoms with Crippen molar-refractivity contribution in [3.8, 4) is 0 Å². The lowest BCUT2D eigenvalue weighted by Gasteiger charge is -2.11. The summed E-state index contributed by atoms with van der Waals surface area (Å²) in [6.45, 7) is 2.78. The van der Waals surface area contributed by atoms with E-state index < -0.39 is 0 Å². The van der Waals surface area contributed by atoms with Gasteiger partial charge in [-0.1, -0.05) is 65.9 Å². The molecule has 3 aromatic carbocycles. The first kappa shape index (κ1) is 22.6. The Balaban J connectivity index is 1.41. The van der Waals surface area contributed by atoms with Gasteiger partial charge in [0.15, 0.2) is 5.16 Å². The monoisotopic (exact) mass is 457 g/mol. The molecule has 1 N–H and O–H groups in total. The third kappa shape index (κ3) is 5.81. The zero-order valence-corrected chi connectivity index (χ0v) is 19.8. The highest BCUT2D eigenvalue weighted by Crippen LogP contribution is 2.25. The predicted octanol–water partition coefficient (Wildman–Crippen LogP) is 4.70. The average molecular weight is 458 g/mol. The smallest absolute Gasteiger partial charge is 0.250 e. The molecule has 0 radical (unpaired) electrons. The van der Waals surface area contributed by atoms with Crippen LogP contribution in [0.25, 0.3) is 11.0 Å². The molecule has 168 valence electrons. The van der Waals surface area contributed by atoms with Gasteiger partial charge in [0.05, 0.1) is 29.5 Å². The highest BCUT2D eigenvalue weighted by atomic mass is 32.2. The van der Waals surface area contributed by atoms with Crippen LogP contribution in [0.3, 0.4) is 0 Å². The molecule has 0 aliphatic rings. The Morgan fingerprint density at radius 2 is 1.79 bits per heavy atom. The third-order valence-electron chi connectivity index (χ3n) is 5.23. The number of amides is 1. The lowest BCUT2D eigenvalue weighted by Crippen LogP contribution is -2.20. The minimum Gasteiger partial charge on any atom is -0.378 e. The normalized spacial score (nSPS) is 11.2. The molecule has 4 rings (SSSR count). The van der Waals surface area contributed by atoms with Crippen LogP contribution in [0.1, 0.15) is 16.7 Å². The quantitative estimate of drug-likeness (QED) is 0.237. The largest absolute Gasteiger partial charge is 0.378 e. The molecule has 0 aliphatic heterocycles. The van der Waals surface area contributed by atoms with Gasteiger partial charge in [-0.3, -0.25) is 4.79 Å². The van der Waals surface area contributed by atoms with E-state index in [0.717, 1.165) is 27.4 Å². The highest BCUT2D eigenvalue weighted by molar-refractivity contribution is 7.99. The van der Waals surface area contributed by atoms with Crippen LogP contribution in [-0.4, -0.2) is 41.5 Å². The first-order chi connectivity index (χ1) is 16.0. The fraction of sp³-hybridized carbons (Fsp3) is 0.192. The van der Waals surface area contributed by atoms with Crippen LogP contribution in [-0.2, 0) is 11.3 Å². The predicted molar refractivity (Wildman–Crippen MR) is 137 cm³/mol. The van der Waals surface area contributed by atoms with Crippen molar-refractivity contribution in [1.82, 2.24) is 15.0 Å². The SMILES string of the molecule is Cc1ccc(Cn2c(SCC(=O)NN=Cc3ccc(N(C)C)cc3)nc3ccccc32)cc1. The van der Waals surface area contributed by atoms with E-state index >= 15 is 0 Å². The Morgan fingerprint density at radius 3 is 2.52 bits per heavy atom. The Morgan fingerprint density at radius 1 is 1.06 bits per heavy atom. The van der Waals surface area contributed by atoms with Crippen LogP contribution in [0, 0.1) is 6.92 Å². The molecule has 0 spiro atoms. The molecule has 0 fully saturated rings. The van der Waals surface area contributed by atoms with Crippen molar-refractivity contribution >= 4 is 40.6 Å². The second-order valence-electron chi connectivity index (χ2n) is 8.02. The fourth-order valence-corrected chi connectivity index (χ4v) is 4.20. The number of aromatic nitrogens is 2. The summed E-state index contributed by atoms with van der Waals surface area (Å²) in [5.41, 5.74) is 9.05. The van der Waals surface area contributed by atoms with E-state index in [0.29, 0.717) is 6.54 Å². The van der Waals surface area contributed by atoms with Gasteiger partial charge < -0.3 is 9.47 Å². The number of para-hydroxylation sites is 2. The van der Waals surface area contributed by atoms with Gasteiger partial charge in [0, 0.05) is 19.8 Å². The van der Waals surface area contributed by atoms with Crippen molar-refractivity contribution in [2.45, 2.75) is 18.6 Å². The van der Waals surface area contributed by atoms with Gasteiger partial charge in [-0.15, -0.1) is 0 Å². The summed E-state index contributed by atoms with van der Waals surface area (Å²) in [7, 11) is 3.99. The van der Waals surface area contributed by atoms with Crippen molar-refractivity contribution in [3.05, 3.63) is 89.5 Å². The first-order valence-electron chi connectivity index (χ1n) is 10.7. The summed E-state index contributed by atoms with van der Waals surface area (Å²) in [6, 6.07) is 24.5. The number of carbonyl (C=O) groups is 1. The molecular formula is C26H27N5OS. The zero-order valence-electron chi connectivity index (χ0n) is 19.0. The number of benzene rings is 3. The summed E-state index contributed by atoms with van der Waals surface area (Å²) >= 11 is 1.42. The fourth-order valence-electron chi connectivity index (χ4n) is 3.39. The van der Waals surface area contributed by atoms with Gasteiger partial charge >= 0.3 is 0 Å². The van der Waals surface area contributed by atoms with E-state index in [-0.39, 0.29) is 11.7 Å². The summed E-state index contributed by atoms with van der Waals surface area (Å²) in [5, 5.41) is 4.91. The Bertz CT molecular complexity index is 1260. The Kier molecular flexibility index (Phi) is 7.10. The molecule has 0 unspecified atom stereocenters. The van der Waals surface area contributed by atoms with Crippen molar-refractivity contribution in [1.29, 1.82) is 0 Å². The van der Waals surface area contributed by atoms with Crippen LogP contribution >= 0.6 is 11.8 Å². The number of nitrogens with one attached hydrogen (secondary N) is 1. The molecule has 7 heteroatoms. The van der Waals surface area contributed by atoms with Crippen LogP contribution < -0.4 is 10.3 Å². The van der Waals surface area contributed by atoms with Gasteiger partial charge in [0.2, 0.25) is 0 Å². The van der Waals surface area contributed by atoms with E-state index in [1.165, 1.54) is 22.9 Å². The lowest BCUT2D eigenvalue weighted by atomic mass is 10.1. The van der Waals surface area contributed by atoms with Gasteiger partial charge in [-0.25, -0.2) is 10.4 Å². The second kappa shape index (κ2) is 10.4. The number of hydrogen-bond acceptors (Lipinski definition) is 5. The van der Waals surface area contributed by atoms with Gasteiger partial charge in [0.25, 0.3) is 5.91 Å². The summed E-state index contributed by atoms with van der Waals surface area (Å²) < 4.78 is 2.16. The molecule has 0 saturated heterocycles. The number of anilines is 1. The molecule has 33 heavy (non-hydrogen) atoms. The number of rotatable bonds is 8. The van der Waals surface area contributed by atoms with Crippen molar-refractivity contribution in [2.24, 2.45) is 5.10 Å². The van der Waals surface area contributed by atoms with Gasteiger partial charge in [-0.2, -0.15) is 5.10 Å². The average Bonchev–Trinajstić information content (AvgIpc) is 3.17. The third-order valence-corrected chi connectivity index (χ3v) is 6.20. The summed E-state index contributed by atoms with van der Waals surface area (Å²) in [6.07, 6.45) is 1.65. The molecule has 0 bridgehead atoms. The maximum Gasteiger partial charge on any atom is 0.250 e. The maximum atomic E-state index is 12.4. The summed E-state index contributed by atoms with van der Waals surface area (Å²) in [4.78, 5) is 19.2. The molecule has 1 aromatic heterocycles. The minimum atomic E-state index is -0.171. The molecule has 0 atom stereocenters. The molecule has 1 heterocycles. The molecule has 6 nitrogen and oxygen atoms in total. The number of thioether (sulfide) groups is 1. The molecule has 1 amide bonds.